The molecule has 1 aliphatic carbocycles. The lowest BCUT2D eigenvalue weighted by Gasteiger charge is -2.22. The van der Waals surface area contributed by atoms with Crippen LogP contribution in [0.25, 0.3) is 0 Å². The number of amides is 2. The fourth-order valence-electron chi connectivity index (χ4n) is 1.72. The van der Waals surface area contributed by atoms with Crippen LogP contribution in [0.5, 0.6) is 0 Å². The first-order valence-electron chi connectivity index (χ1n) is 6.14. The Kier molecular flexibility index (Phi) is 4.33. The summed E-state index contributed by atoms with van der Waals surface area (Å²) in [4.78, 5) is 22.9. The maximum Gasteiger partial charge on any atom is 0.239 e. The van der Waals surface area contributed by atoms with Gasteiger partial charge in [-0.25, -0.2) is 0 Å². The lowest BCUT2D eigenvalue weighted by Crippen LogP contribution is -2.52. The normalized spacial score (nSPS) is 24.1. The van der Waals surface area contributed by atoms with Crippen molar-refractivity contribution in [2.75, 3.05) is 32.8 Å². The summed E-state index contributed by atoms with van der Waals surface area (Å²) >= 11 is 0. The molecular formula is C11H19N3O3. The van der Waals surface area contributed by atoms with Gasteiger partial charge in [-0.1, -0.05) is 0 Å². The first kappa shape index (κ1) is 12.3. The molecule has 1 unspecified atom stereocenters. The Hall–Kier alpha value is -1.14. The molecule has 0 aromatic carbocycles. The summed E-state index contributed by atoms with van der Waals surface area (Å²) in [6.07, 6.45) is 2.00. The minimum atomic E-state index is -0.261. The van der Waals surface area contributed by atoms with Gasteiger partial charge >= 0.3 is 0 Å². The third kappa shape index (κ3) is 3.98. The number of nitrogens with one attached hydrogen (secondary N) is 3. The smallest absolute Gasteiger partial charge is 0.239 e. The highest BCUT2D eigenvalue weighted by atomic mass is 16.5. The maximum absolute atomic E-state index is 11.6. The molecule has 0 aromatic heterocycles. The van der Waals surface area contributed by atoms with Gasteiger partial charge in [-0.05, 0) is 12.8 Å². The van der Waals surface area contributed by atoms with Gasteiger partial charge in [0.1, 0.15) is 6.04 Å². The number of ether oxygens (including phenoxy) is 1. The van der Waals surface area contributed by atoms with Gasteiger partial charge in [0.25, 0.3) is 0 Å². The largest absolute Gasteiger partial charge is 0.378 e. The van der Waals surface area contributed by atoms with Crippen molar-refractivity contribution in [3.8, 4) is 0 Å². The summed E-state index contributed by atoms with van der Waals surface area (Å²) in [6, 6.07) is -0.261. The number of carbonyl (C=O) groups is 2. The first-order chi connectivity index (χ1) is 8.27. The molecule has 2 rings (SSSR count). The summed E-state index contributed by atoms with van der Waals surface area (Å²) in [5.41, 5.74) is 0. The maximum atomic E-state index is 11.6. The molecule has 17 heavy (non-hydrogen) atoms. The molecule has 2 aliphatic rings. The third-order valence-electron chi connectivity index (χ3n) is 2.91. The second kappa shape index (κ2) is 5.97. The average molecular weight is 241 g/mol. The van der Waals surface area contributed by atoms with Crippen LogP contribution in [0.3, 0.4) is 0 Å². The van der Waals surface area contributed by atoms with Gasteiger partial charge in [0, 0.05) is 25.6 Å². The number of morpholine rings is 1. The van der Waals surface area contributed by atoms with Crippen LogP contribution in [-0.4, -0.2) is 50.7 Å². The van der Waals surface area contributed by atoms with Crippen molar-refractivity contribution in [1.29, 1.82) is 0 Å². The van der Waals surface area contributed by atoms with E-state index in [2.05, 4.69) is 16.0 Å². The molecule has 0 spiro atoms. The zero-order valence-corrected chi connectivity index (χ0v) is 9.83. The van der Waals surface area contributed by atoms with E-state index in [0.29, 0.717) is 32.8 Å². The van der Waals surface area contributed by atoms with Crippen LogP contribution in [0.15, 0.2) is 0 Å². The Morgan fingerprint density at radius 3 is 2.47 bits per heavy atom. The van der Waals surface area contributed by atoms with Crippen molar-refractivity contribution >= 4 is 11.8 Å². The molecule has 6 nitrogen and oxygen atoms in total. The summed E-state index contributed by atoms with van der Waals surface area (Å²) < 4.78 is 5.19. The minimum absolute atomic E-state index is 0.0645. The predicted octanol–water partition coefficient (Wildman–Crippen LogP) is -1.38. The molecule has 3 N–H and O–H groups in total. The highest BCUT2D eigenvalue weighted by Gasteiger charge is 2.29. The standard InChI is InChI=1S/C11H19N3O3/c15-10(8-1-2-8)13-3-4-14-11(16)9-7-17-6-5-12-9/h8-9,12H,1-7H2,(H,13,15)(H,14,16). The van der Waals surface area contributed by atoms with Crippen LogP contribution in [0.1, 0.15) is 12.8 Å². The van der Waals surface area contributed by atoms with Crippen molar-refractivity contribution in [3.63, 3.8) is 0 Å². The van der Waals surface area contributed by atoms with E-state index in [4.69, 9.17) is 4.74 Å². The summed E-state index contributed by atoms with van der Waals surface area (Å²) in [5.74, 6) is 0.267. The number of hydrogen-bond acceptors (Lipinski definition) is 4. The molecule has 0 bridgehead atoms. The van der Waals surface area contributed by atoms with Gasteiger partial charge in [0.2, 0.25) is 11.8 Å². The molecular weight excluding hydrogens is 222 g/mol. The van der Waals surface area contributed by atoms with Gasteiger partial charge in [-0.3, -0.25) is 9.59 Å². The second-order valence-electron chi connectivity index (χ2n) is 4.44. The molecule has 1 heterocycles. The molecule has 0 aromatic rings. The average Bonchev–Trinajstić information content (AvgIpc) is 3.19. The zero-order chi connectivity index (χ0) is 12.1. The van der Waals surface area contributed by atoms with Crippen LogP contribution >= 0.6 is 0 Å². The van der Waals surface area contributed by atoms with E-state index in [1.807, 2.05) is 0 Å². The first-order valence-corrected chi connectivity index (χ1v) is 6.14. The summed E-state index contributed by atoms with van der Waals surface area (Å²) in [7, 11) is 0. The Balaban J connectivity index is 1.54. The van der Waals surface area contributed by atoms with Gasteiger partial charge in [-0.15, -0.1) is 0 Å². The van der Waals surface area contributed by atoms with E-state index in [0.717, 1.165) is 12.8 Å². The topological polar surface area (TPSA) is 79.5 Å². The fourth-order valence-corrected chi connectivity index (χ4v) is 1.72. The molecule has 6 heteroatoms. The molecule has 1 saturated carbocycles. The third-order valence-corrected chi connectivity index (χ3v) is 2.91. The Labute approximate surface area is 100 Å². The lowest BCUT2D eigenvalue weighted by molar-refractivity contribution is -0.126. The van der Waals surface area contributed by atoms with Gasteiger partial charge in [0.05, 0.1) is 13.2 Å². The molecule has 1 atom stereocenters. The van der Waals surface area contributed by atoms with Crippen molar-refractivity contribution in [2.24, 2.45) is 5.92 Å². The Morgan fingerprint density at radius 2 is 1.88 bits per heavy atom. The summed E-state index contributed by atoms with van der Waals surface area (Å²) in [5, 5.41) is 8.64. The van der Waals surface area contributed by atoms with Crippen molar-refractivity contribution in [2.45, 2.75) is 18.9 Å². The number of hydrogen-bond donors (Lipinski definition) is 3. The van der Waals surface area contributed by atoms with Crippen LogP contribution in [0, 0.1) is 5.92 Å². The number of carbonyl (C=O) groups excluding carboxylic acids is 2. The molecule has 1 saturated heterocycles. The highest BCUT2D eigenvalue weighted by Crippen LogP contribution is 2.28. The van der Waals surface area contributed by atoms with Gasteiger partial charge in [0.15, 0.2) is 0 Å². The highest BCUT2D eigenvalue weighted by molar-refractivity contribution is 5.82. The lowest BCUT2D eigenvalue weighted by atomic mass is 10.2. The predicted molar refractivity (Wildman–Crippen MR) is 61.4 cm³/mol. The van der Waals surface area contributed by atoms with Crippen LogP contribution < -0.4 is 16.0 Å². The minimum Gasteiger partial charge on any atom is -0.378 e. The van der Waals surface area contributed by atoms with E-state index in [-0.39, 0.29) is 23.8 Å². The van der Waals surface area contributed by atoms with Crippen LogP contribution in [-0.2, 0) is 14.3 Å². The van der Waals surface area contributed by atoms with Gasteiger partial charge in [-0.2, -0.15) is 0 Å². The quantitative estimate of drug-likeness (QED) is 0.518. The van der Waals surface area contributed by atoms with Crippen LogP contribution in [0.4, 0.5) is 0 Å². The molecule has 96 valence electrons. The van der Waals surface area contributed by atoms with Crippen molar-refractivity contribution in [1.82, 2.24) is 16.0 Å². The van der Waals surface area contributed by atoms with E-state index in [9.17, 15) is 9.59 Å². The van der Waals surface area contributed by atoms with E-state index < -0.39 is 0 Å². The molecule has 2 amide bonds. The second-order valence-corrected chi connectivity index (χ2v) is 4.44. The van der Waals surface area contributed by atoms with Gasteiger partial charge < -0.3 is 20.7 Å². The molecule has 1 aliphatic heterocycles. The number of rotatable bonds is 5. The Bertz CT molecular complexity index is 286. The van der Waals surface area contributed by atoms with Crippen molar-refractivity contribution < 1.29 is 14.3 Å². The SMILES string of the molecule is O=C(NCCNC(=O)C1COCCN1)C1CC1. The van der Waals surface area contributed by atoms with Crippen LogP contribution in [0.2, 0.25) is 0 Å². The zero-order valence-electron chi connectivity index (χ0n) is 9.83. The van der Waals surface area contributed by atoms with E-state index >= 15 is 0 Å². The Morgan fingerprint density at radius 1 is 1.18 bits per heavy atom. The monoisotopic (exact) mass is 241 g/mol. The fraction of sp³-hybridized carbons (Fsp3) is 0.818. The van der Waals surface area contributed by atoms with E-state index in [1.165, 1.54) is 0 Å². The molecule has 0 radical (unpaired) electrons. The van der Waals surface area contributed by atoms with E-state index in [1.54, 1.807) is 0 Å². The van der Waals surface area contributed by atoms with Crippen molar-refractivity contribution in [3.05, 3.63) is 0 Å². The summed E-state index contributed by atoms with van der Waals surface area (Å²) in [6.45, 7) is 2.74. The molecule has 2 fully saturated rings.